The van der Waals surface area contributed by atoms with Crippen LogP contribution in [-0.4, -0.2) is 27.7 Å². The first-order chi connectivity index (χ1) is 6.81. The van der Waals surface area contributed by atoms with Gasteiger partial charge in [0, 0.05) is 0 Å². The second kappa shape index (κ2) is 5.64. The van der Waals surface area contributed by atoms with E-state index in [1.54, 1.807) is 0 Å². The molecule has 0 heterocycles. The summed E-state index contributed by atoms with van der Waals surface area (Å²) in [6.45, 7) is 5.56. The van der Waals surface area contributed by atoms with Gasteiger partial charge in [0.25, 0.3) is 0 Å². The molecule has 0 spiro atoms. The number of carbonyl (C=O) groups is 1. The van der Waals surface area contributed by atoms with Crippen molar-refractivity contribution < 1.29 is 23.9 Å². The third-order valence-corrected chi connectivity index (χ3v) is 3.95. The van der Waals surface area contributed by atoms with Crippen LogP contribution in [0.15, 0.2) is 0 Å². The zero-order chi connectivity index (χ0) is 12.1. The zero-order valence-corrected chi connectivity index (χ0v) is 10.3. The summed E-state index contributed by atoms with van der Waals surface area (Å²) in [5.41, 5.74) is -0.681. The van der Waals surface area contributed by atoms with Gasteiger partial charge in [0.2, 0.25) is 0 Å². The van der Waals surface area contributed by atoms with Crippen molar-refractivity contribution in [3.05, 3.63) is 0 Å². The van der Waals surface area contributed by atoms with E-state index in [1.165, 1.54) is 0 Å². The fraction of sp³-hybridized carbons (Fsp3) is 0.889. The van der Waals surface area contributed by atoms with Gasteiger partial charge < -0.3 is 14.5 Å². The molecule has 0 fully saturated rings. The highest BCUT2D eigenvalue weighted by atomic mass is 31.2. The van der Waals surface area contributed by atoms with E-state index in [1.807, 2.05) is 20.8 Å². The summed E-state index contributed by atoms with van der Waals surface area (Å²) >= 11 is 0. The minimum Gasteiger partial charge on any atom is -0.481 e. The summed E-state index contributed by atoms with van der Waals surface area (Å²) in [4.78, 5) is 19.7. The Bertz CT molecular complexity index is 251. The molecular weight excluding hydrogens is 219 g/mol. The van der Waals surface area contributed by atoms with Crippen molar-refractivity contribution in [3.8, 4) is 0 Å². The average molecular weight is 238 g/mol. The fourth-order valence-corrected chi connectivity index (χ4v) is 2.85. The lowest BCUT2D eigenvalue weighted by atomic mass is 9.95. The quantitative estimate of drug-likeness (QED) is 0.664. The van der Waals surface area contributed by atoms with E-state index in [9.17, 15) is 14.3 Å². The third-order valence-electron chi connectivity index (χ3n) is 2.60. The van der Waals surface area contributed by atoms with Gasteiger partial charge in [-0.15, -0.1) is 0 Å². The van der Waals surface area contributed by atoms with Gasteiger partial charge in [-0.1, -0.05) is 20.8 Å². The van der Waals surface area contributed by atoms with Crippen molar-refractivity contribution in [2.75, 3.05) is 6.16 Å². The van der Waals surface area contributed by atoms with Crippen molar-refractivity contribution in [1.29, 1.82) is 0 Å². The molecule has 0 amide bonds. The van der Waals surface area contributed by atoms with Crippen molar-refractivity contribution in [1.82, 2.24) is 0 Å². The van der Waals surface area contributed by atoms with Gasteiger partial charge in [0.05, 0.1) is 5.60 Å². The predicted molar refractivity (Wildman–Crippen MR) is 57.0 cm³/mol. The molecule has 2 N–H and O–H groups in total. The van der Waals surface area contributed by atoms with Crippen LogP contribution in [0.3, 0.4) is 0 Å². The fourth-order valence-electron chi connectivity index (χ4n) is 1.45. The first kappa shape index (κ1) is 14.6. The molecule has 0 aliphatic carbocycles. The number of carboxylic acid groups (broad SMARTS) is 1. The monoisotopic (exact) mass is 238 g/mol. The van der Waals surface area contributed by atoms with Crippen molar-refractivity contribution in [2.45, 2.75) is 45.6 Å². The highest BCUT2D eigenvalue weighted by Crippen LogP contribution is 2.48. The van der Waals surface area contributed by atoms with Crippen LogP contribution in [0.2, 0.25) is 0 Å². The molecule has 0 aromatic heterocycles. The summed E-state index contributed by atoms with van der Waals surface area (Å²) in [7, 11) is -4.02. The Morgan fingerprint density at radius 3 is 1.93 bits per heavy atom. The minimum atomic E-state index is -4.02. The van der Waals surface area contributed by atoms with Gasteiger partial charge in [-0.25, -0.2) is 0 Å². The van der Waals surface area contributed by atoms with E-state index < -0.39 is 25.3 Å². The summed E-state index contributed by atoms with van der Waals surface area (Å²) in [5, 5.41) is 8.45. The Kier molecular flexibility index (Phi) is 5.49. The smallest absolute Gasteiger partial charge is 0.339 e. The standard InChI is InChI=1S/C9H19O5P/c1-4-9(5-2,6-3)14-15(12,13)7-8(10)11/h4-7H2,1-3H3,(H,10,11)(H,12,13). The molecule has 0 aromatic carbocycles. The van der Waals surface area contributed by atoms with E-state index in [0.717, 1.165) is 0 Å². The second-order valence-corrected chi connectivity index (χ2v) is 5.30. The second-order valence-electron chi connectivity index (χ2n) is 3.52. The van der Waals surface area contributed by atoms with Crippen LogP contribution < -0.4 is 0 Å². The van der Waals surface area contributed by atoms with E-state index in [4.69, 9.17) is 9.63 Å². The number of hydrogen-bond donors (Lipinski definition) is 2. The molecule has 0 rings (SSSR count). The maximum absolute atomic E-state index is 11.5. The molecule has 5 nitrogen and oxygen atoms in total. The van der Waals surface area contributed by atoms with Crippen molar-refractivity contribution >= 4 is 13.6 Å². The van der Waals surface area contributed by atoms with Crippen molar-refractivity contribution in [3.63, 3.8) is 0 Å². The largest absolute Gasteiger partial charge is 0.481 e. The molecule has 90 valence electrons. The predicted octanol–water partition coefficient (Wildman–Crippen LogP) is 2.24. The molecule has 1 atom stereocenters. The molecule has 0 radical (unpaired) electrons. The van der Waals surface area contributed by atoms with E-state index in [0.29, 0.717) is 19.3 Å². The first-order valence-corrected chi connectivity index (χ1v) is 6.81. The van der Waals surface area contributed by atoms with Crippen LogP contribution in [0, 0.1) is 0 Å². The molecule has 0 saturated heterocycles. The molecule has 0 aliphatic heterocycles. The van der Waals surface area contributed by atoms with Crippen LogP contribution in [0.25, 0.3) is 0 Å². The number of carboxylic acids is 1. The minimum absolute atomic E-state index is 0.587. The van der Waals surface area contributed by atoms with Gasteiger partial charge in [0.15, 0.2) is 0 Å². The molecule has 1 unspecified atom stereocenters. The molecule has 6 heteroatoms. The third kappa shape index (κ3) is 4.78. The Balaban J connectivity index is 4.66. The molecule has 0 saturated carbocycles. The maximum Gasteiger partial charge on any atom is 0.339 e. The van der Waals surface area contributed by atoms with Gasteiger partial charge in [0.1, 0.15) is 6.16 Å². The average Bonchev–Trinajstić information content (AvgIpc) is 2.12. The Labute approximate surface area is 90.0 Å². The van der Waals surface area contributed by atoms with Gasteiger partial charge in [-0.2, -0.15) is 0 Å². The van der Waals surface area contributed by atoms with E-state index in [2.05, 4.69) is 0 Å². The van der Waals surface area contributed by atoms with Crippen LogP contribution in [-0.2, 0) is 13.9 Å². The summed E-state index contributed by atoms with van der Waals surface area (Å²) in [6.07, 6.45) is 0.924. The zero-order valence-electron chi connectivity index (χ0n) is 9.39. The summed E-state index contributed by atoms with van der Waals surface area (Å²) < 4.78 is 16.6. The molecule has 0 bridgehead atoms. The Morgan fingerprint density at radius 2 is 1.67 bits per heavy atom. The van der Waals surface area contributed by atoms with Crippen LogP contribution in [0.5, 0.6) is 0 Å². The number of rotatable bonds is 7. The number of hydrogen-bond acceptors (Lipinski definition) is 3. The molecule has 0 aromatic rings. The van der Waals surface area contributed by atoms with Gasteiger partial charge in [-0.05, 0) is 19.3 Å². The summed E-state index contributed by atoms with van der Waals surface area (Å²) in [6, 6.07) is 0. The highest BCUT2D eigenvalue weighted by Gasteiger charge is 2.35. The van der Waals surface area contributed by atoms with Gasteiger partial charge >= 0.3 is 13.6 Å². The highest BCUT2D eigenvalue weighted by molar-refractivity contribution is 7.53. The van der Waals surface area contributed by atoms with E-state index in [-0.39, 0.29) is 0 Å². The maximum atomic E-state index is 11.5. The van der Waals surface area contributed by atoms with Crippen LogP contribution in [0.1, 0.15) is 40.0 Å². The summed E-state index contributed by atoms with van der Waals surface area (Å²) in [5.74, 6) is -1.32. The number of aliphatic carboxylic acids is 1. The lowest BCUT2D eigenvalue weighted by Gasteiger charge is -2.32. The Morgan fingerprint density at radius 1 is 1.27 bits per heavy atom. The SMILES string of the molecule is CCC(CC)(CC)OP(=O)(O)CC(=O)O. The van der Waals surface area contributed by atoms with Crippen molar-refractivity contribution in [2.24, 2.45) is 0 Å². The lowest BCUT2D eigenvalue weighted by molar-refractivity contribution is -0.134. The lowest BCUT2D eigenvalue weighted by Crippen LogP contribution is -2.29. The molecule has 0 aliphatic rings. The molecular formula is C9H19O5P. The molecule has 15 heavy (non-hydrogen) atoms. The van der Waals surface area contributed by atoms with Crippen LogP contribution >= 0.6 is 7.60 Å². The van der Waals surface area contributed by atoms with E-state index >= 15 is 0 Å². The van der Waals surface area contributed by atoms with Gasteiger partial charge in [-0.3, -0.25) is 9.36 Å². The van der Waals surface area contributed by atoms with Crippen LogP contribution in [0.4, 0.5) is 0 Å². The Hall–Kier alpha value is -0.380. The normalized spacial score (nSPS) is 16.0. The first-order valence-electron chi connectivity index (χ1n) is 5.05. The topological polar surface area (TPSA) is 83.8 Å².